The molecule has 0 saturated carbocycles. The minimum Gasteiger partial charge on any atom is -0.352 e. The van der Waals surface area contributed by atoms with E-state index in [-0.39, 0.29) is 16.2 Å². The van der Waals surface area contributed by atoms with Gasteiger partial charge in [-0.25, -0.2) is 8.42 Å². The Morgan fingerprint density at radius 2 is 1.74 bits per heavy atom. The summed E-state index contributed by atoms with van der Waals surface area (Å²) in [6, 6.07) is 13.4. The molecule has 0 aliphatic heterocycles. The lowest BCUT2D eigenvalue weighted by atomic mass is 9.86. The van der Waals surface area contributed by atoms with Gasteiger partial charge in [-0.2, -0.15) is 0 Å². The number of hydrogen-bond donors (Lipinski definition) is 2. The Bertz CT molecular complexity index is 900. The van der Waals surface area contributed by atoms with Gasteiger partial charge in [0, 0.05) is 12.1 Å². The second-order valence-corrected chi connectivity index (χ2v) is 9.22. The Labute approximate surface area is 162 Å². The van der Waals surface area contributed by atoms with Crippen molar-refractivity contribution in [3.63, 3.8) is 0 Å². The Hall–Kier alpha value is -2.34. The summed E-state index contributed by atoms with van der Waals surface area (Å²) in [6.07, 6.45) is 1.86. The highest BCUT2D eigenvalue weighted by atomic mass is 32.2. The molecule has 2 aromatic carbocycles. The fourth-order valence-electron chi connectivity index (χ4n) is 2.72. The van der Waals surface area contributed by atoms with Gasteiger partial charge in [-0.1, -0.05) is 58.4 Å². The van der Waals surface area contributed by atoms with Gasteiger partial charge in [0.05, 0.1) is 10.6 Å². The number of unbranched alkanes of at least 4 members (excludes halogenated alkanes) is 1. The maximum absolute atomic E-state index is 12.9. The molecule has 1 amide bonds. The molecule has 0 bridgehead atoms. The van der Waals surface area contributed by atoms with Gasteiger partial charge >= 0.3 is 0 Å². The highest BCUT2D eigenvalue weighted by molar-refractivity contribution is 7.92. The molecule has 0 fully saturated rings. The van der Waals surface area contributed by atoms with Crippen molar-refractivity contribution in [1.29, 1.82) is 0 Å². The van der Waals surface area contributed by atoms with Crippen molar-refractivity contribution in [2.24, 2.45) is 0 Å². The third kappa shape index (κ3) is 5.57. The van der Waals surface area contributed by atoms with E-state index < -0.39 is 10.0 Å². The molecular formula is C21H28N2O3S. The van der Waals surface area contributed by atoms with E-state index in [1.54, 1.807) is 24.3 Å². The lowest BCUT2D eigenvalue weighted by Gasteiger charge is -2.23. The molecule has 0 radical (unpaired) electrons. The SMILES string of the molecule is CCCCNC(=O)c1cccc(S(=O)(=O)Nc2ccccc2C(C)(C)C)c1. The minimum atomic E-state index is -3.81. The van der Waals surface area contributed by atoms with E-state index >= 15 is 0 Å². The molecule has 0 aliphatic carbocycles. The van der Waals surface area contributed by atoms with Crippen molar-refractivity contribution < 1.29 is 13.2 Å². The Kier molecular flexibility index (Phi) is 6.65. The zero-order chi connectivity index (χ0) is 20.1. The smallest absolute Gasteiger partial charge is 0.261 e. The van der Waals surface area contributed by atoms with Crippen LogP contribution >= 0.6 is 0 Å². The molecule has 146 valence electrons. The van der Waals surface area contributed by atoms with Crippen molar-refractivity contribution in [2.45, 2.75) is 50.8 Å². The average Bonchev–Trinajstić information content (AvgIpc) is 2.61. The normalized spacial score (nSPS) is 11.9. The van der Waals surface area contributed by atoms with E-state index in [4.69, 9.17) is 0 Å². The fourth-order valence-corrected chi connectivity index (χ4v) is 3.84. The molecule has 0 aromatic heterocycles. The van der Waals surface area contributed by atoms with Crippen molar-refractivity contribution in [3.8, 4) is 0 Å². The molecule has 0 unspecified atom stereocenters. The van der Waals surface area contributed by atoms with Crippen LogP contribution in [0.1, 0.15) is 56.5 Å². The summed E-state index contributed by atoms with van der Waals surface area (Å²) < 4.78 is 28.4. The molecular weight excluding hydrogens is 360 g/mol. The van der Waals surface area contributed by atoms with Gasteiger partial charge in [-0.3, -0.25) is 9.52 Å². The second-order valence-electron chi connectivity index (χ2n) is 7.54. The van der Waals surface area contributed by atoms with Crippen molar-refractivity contribution in [1.82, 2.24) is 5.32 Å². The first-order valence-electron chi connectivity index (χ1n) is 9.16. The van der Waals surface area contributed by atoms with Gasteiger partial charge in [0.25, 0.3) is 15.9 Å². The summed E-state index contributed by atoms with van der Waals surface area (Å²) in [5.41, 5.74) is 1.57. The maximum atomic E-state index is 12.9. The van der Waals surface area contributed by atoms with Crippen molar-refractivity contribution in [3.05, 3.63) is 59.7 Å². The predicted molar refractivity (Wildman–Crippen MR) is 110 cm³/mol. The zero-order valence-electron chi connectivity index (χ0n) is 16.4. The third-order valence-corrected chi connectivity index (χ3v) is 5.56. The first kappa shape index (κ1) is 21.0. The molecule has 0 aliphatic rings. The van der Waals surface area contributed by atoms with Crippen LogP contribution in [0.3, 0.4) is 0 Å². The average molecular weight is 389 g/mol. The summed E-state index contributed by atoms with van der Waals surface area (Å²) in [5.74, 6) is -0.268. The molecule has 2 N–H and O–H groups in total. The first-order valence-corrected chi connectivity index (χ1v) is 10.6. The van der Waals surface area contributed by atoms with Crippen LogP contribution in [-0.2, 0) is 15.4 Å². The summed E-state index contributed by atoms with van der Waals surface area (Å²) in [5, 5.41) is 2.80. The van der Waals surface area contributed by atoms with Crippen LogP contribution in [-0.4, -0.2) is 20.9 Å². The van der Waals surface area contributed by atoms with Crippen LogP contribution < -0.4 is 10.0 Å². The van der Waals surface area contributed by atoms with E-state index in [0.717, 1.165) is 18.4 Å². The number of sulfonamides is 1. The number of rotatable bonds is 7. The van der Waals surface area contributed by atoms with Crippen molar-refractivity contribution >= 4 is 21.6 Å². The number of hydrogen-bond acceptors (Lipinski definition) is 3. The quantitative estimate of drug-likeness (QED) is 0.694. The number of nitrogens with one attached hydrogen (secondary N) is 2. The van der Waals surface area contributed by atoms with Crippen LogP contribution in [0.25, 0.3) is 0 Å². The molecule has 0 saturated heterocycles. The van der Waals surface area contributed by atoms with Crippen LogP contribution in [0.2, 0.25) is 0 Å². The number of amides is 1. The van der Waals surface area contributed by atoms with Crippen molar-refractivity contribution in [2.75, 3.05) is 11.3 Å². The molecule has 6 heteroatoms. The number of anilines is 1. The molecule has 27 heavy (non-hydrogen) atoms. The number of carbonyl (C=O) groups excluding carboxylic acids is 1. The van der Waals surface area contributed by atoms with Gasteiger partial charge < -0.3 is 5.32 Å². The van der Waals surface area contributed by atoms with Crippen LogP contribution in [0.4, 0.5) is 5.69 Å². The molecule has 2 aromatic rings. The van der Waals surface area contributed by atoms with E-state index in [0.29, 0.717) is 17.8 Å². The van der Waals surface area contributed by atoms with Gasteiger partial charge in [0.2, 0.25) is 0 Å². The molecule has 2 rings (SSSR count). The third-order valence-electron chi connectivity index (χ3n) is 4.20. The van der Waals surface area contributed by atoms with Crippen LogP contribution in [0.5, 0.6) is 0 Å². The number of carbonyl (C=O) groups is 1. The molecule has 0 spiro atoms. The summed E-state index contributed by atoms with van der Waals surface area (Å²) in [6.45, 7) is 8.70. The van der Waals surface area contributed by atoms with E-state index in [1.165, 1.54) is 12.1 Å². The fraction of sp³-hybridized carbons (Fsp3) is 0.381. The van der Waals surface area contributed by atoms with Crippen LogP contribution in [0, 0.1) is 0 Å². The number of para-hydroxylation sites is 1. The largest absolute Gasteiger partial charge is 0.352 e. The zero-order valence-corrected chi connectivity index (χ0v) is 17.2. The number of benzene rings is 2. The molecule has 0 atom stereocenters. The van der Waals surface area contributed by atoms with Crippen LogP contribution in [0.15, 0.2) is 53.4 Å². The molecule has 0 heterocycles. The lowest BCUT2D eigenvalue weighted by Crippen LogP contribution is -2.25. The highest BCUT2D eigenvalue weighted by Crippen LogP contribution is 2.30. The minimum absolute atomic E-state index is 0.0642. The van der Waals surface area contributed by atoms with Gasteiger partial charge in [0.1, 0.15) is 0 Å². The Morgan fingerprint density at radius 1 is 1.04 bits per heavy atom. The van der Waals surface area contributed by atoms with Gasteiger partial charge in [-0.05, 0) is 41.7 Å². The molecule has 5 nitrogen and oxygen atoms in total. The first-order chi connectivity index (χ1) is 12.6. The maximum Gasteiger partial charge on any atom is 0.261 e. The Morgan fingerprint density at radius 3 is 2.41 bits per heavy atom. The summed E-state index contributed by atoms with van der Waals surface area (Å²) >= 11 is 0. The van der Waals surface area contributed by atoms with E-state index in [2.05, 4.69) is 10.0 Å². The second kappa shape index (κ2) is 8.57. The van der Waals surface area contributed by atoms with Gasteiger partial charge in [0.15, 0.2) is 0 Å². The highest BCUT2D eigenvalue weighted by Gasteiger charge is 2.22. The topological polar surface area (TPSA) is 75.3 Å². The summed E-state index contributed by atoms with van der Waals surface area (Å²) in [4.78, 5) is 12.3. The van der Waals surface area contributed by atoms with Gasteiger partial charge in [-0.15, -0.1) is 0 Å². The monoisotopic (exact) mass is 388 g/mol. The Balaban J connectivity index is 2.28. The predicted octanol–water partition coefficient (Wildman–Crippen LogP) is 4.31. The van der Waals surface area contributed by atoms with E-state index in [9.17, 15) is 13.2 Å². The lowest BCUT2D eigenvalue weighted by molar-refractivity contribution is 0.0953. The standard InChI is InChI=1S/C21H28N2O3S/c1-5-6-14-22-20(24)16-10-9-11-17(15-16)27(25,26)23-19-13-8-7-12-18(19)21(2,3)4/h7-13,15,23H,5-6,14H2,1-4H3,(H,22,24). The summed E-state index contributed by atoms with van der Waals surface area (Å²) in [7, 11) is -3.81. The van der Waals surface area contributed by atoms with E-state index in [1.807, 2.05) is 39.8 Å².